The third kappa shape index (κ3) is 5.32. The molecular weight excluding hydrogens is 478 g/mol. The highest BCUT2D eigenvalue weighted by molar-refractivity contribution is 7.93. The number of hydrogen-bond donors (Lipinski definition) is 2. The molecule has 2 N–H and O–H groups in total. The highest BCUT2D eigenvalue weighted by atomic mass is 32.2. The molecule has 3 aromatic carbocycles. The van der Waals surface area contributed by atoms with Gasteiger partial charge in [-0.2, -0.15) is 0 Å². The van der Waals surface area contributed by atoms with Crippen molar-refractivity contribution in [3.8, 4) is 5.75 Å². The Balaban J connectivity index is 1.59. The second kappa shape index (κ2) is 9.35. The van der Waals surface area contributed by atoms with Crippen LogP contribution < -0.4 is 19.1 Å². The molecule has 178 valence electrons. The maximum Gasteiger partial charge on any atom is 0.264 e. The van der Waals surface area contributed by atoms with Crippen molar-refractivity contribution in [3.63, 3.8) is 0 Å². The second-order valence-electron chi connectivity index (χ2n) is 7.71. The highest BCUT2D eigenvalue weighted by Crippen LogP contribution is 2.37. The first kappa shape index (κ1) is 23.6. The number of fused-ring (bicyclic) bond motifs is 1. The lowest BCUT2D eigenvalue weighted by molar-refractivity contribution is -0.127. The molecule has 4 rings (SSSR count). The molecule has 0 radical (unpaired) electrons. The van der Waals surface area contributed by atoms with Gasteiger partial charge in [0.05, 0.1) is 23.4 Å². The Kier molecular flexibility index (Phi) is 6.49. The number of amides is 1. The van der Waals surface area contributed by atoms with Gasteiger partial charge in [-0.15, -0.1) is 0 Å². The van der Waals surface area contributed by atoms with Gasteiger partial charge in [0.1, 0.15) is 5.75 Å². The van der Waals surface area contributed by atoms with Crippen molar-refractivity contribution < 1.29 is 26.4 Å². The molecule has 0 spiro atoms. The lowest BCUT2D eigenvalue weighted by Crippen LogP contribution is -2.50. The zero-order valence-electron chi connectivity index (χ0n) is 18.2. The van der Waals surface area contributed by atoms with Crippen molar-refractivity contribution in [2.45, 2.75) is 17.5 Å². The van der Waals surface area contributed by atoms with Crippen LogP contribution in [0.4, 0.5) is 11.4 Å². The van der Waals surface area contributed by atoms with Crippen molar-refractivity contribution in [1.29, 1.82) is 0 Å². The van der Waals surface area contributed by atoms with Crippen LogP contribution in [0.1, 0.15) is 5.56 Å². The van der Waals surface area contributed by atoms with Gasteiger partial charge in [0.25, 0.3) is 15.9 Å². The normalized spacial score (nSPS) is 15.7. The number of carbonyl (C=O) groups is 1. The maximum atomic E-state index is 13.5. The number of carbonyl (C=O) groups excluding carboxylic acids is 1. The van der Waals surface area contributed by atoms with Gasteiger partial charge in [-0.05, 0) is 42.0 Å². The fourth-order valence-corrected chi connectivity index (χ4v) is 5.54. The minimum atomic E-state index is -4.07. The number of benzene rings is 3. The molecule has 0 saturated heterocycles. The third-order valence-electron chi connectivity index (χ3n) is 5.08. The van der Waals surface area contributed by atoms with Crippen LogP contribution in [0.3, 0.4) is 0 Å². The molecule has 3 aromatic rings. The zero-order chi connectivity index (χ0) is 24.3. The molecule has 1 heterocycles. The van der Waals surface area contributed by atoms with Crippen LogP contribution in [-0.2, 0) is 31.4 Å². The van der Waals surface area contributed by atoms with E-state index < -0.39 is 32.1 Å². The van der Waals surface area contributed by atoms with Gasteiger partial charge in [0.2, 0.25) is 10.0 Å². The molecule has 1 aliphatic rings. The SMILES string of the molecule is CS(=O)(=O)Nc1ccc(S(=O)(=O)N2CC(C(=O)NCc3ccccc3)Oc3ccccc32)cc1. The molecule has 0 aliphatic carbocycles. The average molecular weight is 502 g/mol. The topological polar surface area (TPSA) is 122 Å². The van der Waals surface area contributed by atoms with Gasteiger partial charge in [-0.25, -0.2) is 16.8 Å². The van der Waals surface area contributed by atoms with E-state index in [4.69, 9.17) is 4.74 Å². The van der Waals surface area contributed by atoms with Gasteiger partial charge in [0.15, 0.2) is 6.10 Å². The molecular formula is C23H23N3O6S2. The minimum Gasteiger partial charge on any atom is -0.476 e. The van der Waals surface area contributed by atoms with Crippen molar-refractivity contribution >= 4 is 37.3 Å². The summed E-state index contributed by atoms with van der Waals surface area (Å²) < 4.78 is 59.1. The Morgan fingerprint density at radius 3 is 2.26 bits per heavy atom. The van der Waals surface area contributed by atoms with Gasteiger partial charge >= 0.3 is 0 Å². The monoisotopic (exact) mass is 501 g/mol. The lowest BCUT2D eigenvalue weighted by atomic mass is 10.2. The minimum absolute atomic E-state index is 0.0494. The van der Waals surface area contributed by atoms with Crippen molar-refractivity contribution in [2.24, 2.45) is 0 Å². The van der Waals surface area contributed by atoms with E-state index in [0.717, 1.165) is 16.1 Å². The second-order valence-corrected chi connectivity index (χ2v) is 11.3. The molecule has 0 aromatic heterocycles. The van der Waals surface area contributed by atoms with Crippen molar-refractivity contribution in [1.82, 2.24) is 5.32 Å². The summed E-state index contributed by atoms with van der Waals surface area (Å²) in [5, 5.41) is 2.79. The number of ether oxygens (including phenoxy) is 1. The molecule has 1 aliphatic heterocycles. The van der Waals surface area contributed by atoms with E-state index in [9.17, 15) is 21.6 Å². The maximum absolute atomic E-state index is 13.5. The van der Waals surface area contributed by atoms with Crippen LogP contribution in [0, 0.1) is 0 Å². The molecule has 0 saturated carbocycles. The molecule has 9 nitrogen and oxygen atoms in total. The summed E-state index contributed by atoms with van der Waals surface area (Å²) in [6.45, 7) is 0.0615. The Hall–Kier alpha value is -3.57. The summed E-state index contributed by atoms with van der Waals surface area (Å²) in [4.78, 5) is 12.8. The summed E-state index contributed by atoms with van der Waals surface area (Å²) in [7, 11) is -7.57. The van der Waals surface area contributed by atoms with E-state index in [1.807, 2.05) is 30.3 Å². The number of nitrogens with one attached hydrogen (secondary N) is 2. The molecule has 34 heavy (non-hydrogen) atoms. The molecule has 0 fully saturated rings. The standard InChI is InChI=1S/C23H23N3O6S2/c1-33(28,29)25-18-11-13-19(14-12-18)34(30,31)26-16-22(32-21-10-6-5-9-20(21)26)23(27)24-15-17-7-3-2-4-8-17/h2-14,22,25H,15-16H2,1H3,(H,24,27). The van der Waals surface area contributed by atoms with Crippen molar-refractivity contribution in [3.05, 3.63) is 84.4 Å². The first-order valence-corrected chi connectivity index (χ1v) is 13.6. The zero-order valence-corrected chi connectivity index (χ0v) is 19.8. The van der Waals surface area contributed by atoms with Crippen LogP contribution >= 0.6 is 0 Å². The van der Waals surface area contributed by atoms with Crippen LogP contribution in [0.15, 0.2) is 83.8 Å². The highest BCUT2D eigenvalue weighted by Gasteiger charge is 2.37. The predicted octanol–water partition coefficient (Wildman–Crippen LogP) is 2.33. The molecule has 0 bridgehead atoms. The smallest absolute Gasteiger partial charge is 0.264 e. The number of nitrogens with zero attached hydrogens (tertiary/aromatic N) is 1. The molecule has 1 unspecified atom stereocenters. The fourth-order valence-electron chi connectivity index (χ4n) is 3.50. The Labute approximate surface area is 198 Å². The van der Waals surface area contributed by atoms with Crippen LogP contribution in [0.2, 0.25) is 0 Å². The summed E-state index contributed by atoms with van der Waals surface area (Å²) in [6.07, 6.45) is -0.0507. The molecule has 1 amide bonds. The largest absolute Gasteiger partial charge is 0.476 e. The first-order chi connectivity index (χ1) is 16.1. The van der Waals surface area contributed by atoms with E-state index in [-0.39, 0.29) is 29.4 Å². The summed E-state index contributed by atoms with van der Waals surface area (Å²) in [6, 6.07) is 21.3. The van der Waals surface area contributed by atoms with E-state index in [1.54, 1.807) is 24.3 Å². The number of sulfonamides is 2. The van der Waals surface area contributed by atoms with Crippen LogP contribution in [-0.4, -0.2) is 41.6 Å². The fraction of sp³-hybridized carbons (Fsp3) is 0.174. The quantitative estimate of drug-likeness (QED) is 0.513. The first-order valence-electron chi connectivity index (χ1n) is 10.3. The summed E-state index contributed by atoms with van der Waals surface area (Å²) >= 11 is 0. The van der Waals surface area contributed by atoms with Crippen LogP contribution in [0.25, 0.3) is 0 Å². The Bertz CT molecular complexity index is 1390. The number of para-hydroxylation sites is 2. The molecule has 11 heteroatoms. The number of rotatable bonds is 7. The summed E-state index contributed by atoms with van der Waals surface area (Å²) in [5.74, 6) is -0.168. The lowest BCUT2D eigenvalue weighted by Gasteiger charge is -2.34. The van der Waals surface area contributed by atoms with E-state index in [0.29, 0.717) is 5.69 Å². The Morgan fingerprint density at radius 2 is 1.59 bits per heavy atom. The van der Waals surface area contributed by atoms with Gasteiger partial charge in [-0.1, -0.05) is 42.5 Å². The van der Waals surface area contributed by atoms with Gasteiger partial charge < -0.3 is 10.1 Å². The van der Waals surface area contributed by atoms with E-state index in [2.05, 4.69) is 10.0 Å². The molecule has 1 atom stereocenters. The predicted molar refractivity (Wildman–Crippen MR) is 129 cm³/mol. The van der Waals surface area contributed by atoms with Crippen molar-refractivity contribution in [2.75, 3.05) is 21.8 Å². The van der Waals surface area contributed by atoms with Crippen LogP contribution in [0.5, 0.6) is 5.75 Å². The van der Waals surface area contributed by atoms with E-state index >= 15 is 0 Å². The van der Waals surface area contributed by atoms with E-state index in [1.165, 1.54) is 24.3 Å². The van der Waals surface area contributed by atoms with Gasteiger partial charge in [-0.3, -0.25) is 13.8 Å². The van der Waals surface area contributed by atoms with Gasteiger partial charge in [0, 0.05) is 12.2 Å². The average Bonchev–Trinajstić information content (AvgIpc) is 2.81. The number of anilines is 2. The third-order valence-corrected chi connectivity index (χ3v) is 7.48. The number of hydrogen-bond acceptors (Lipinski definition) is 6. The Morgan fingerprint density at radius 1 is 0.941 bits per heavy atom. The summed E-state index contributed by atoms with van der Waals surface area (Å²) in [5.41, 5.74) is 1.45.